The van der Waals surface area contributed by atoms with Crippen molar-refractivity contribution in [2.45, 2.75) is 62.6 Å². The second-order valence-corrected chi connectivity index (χ2v) is 13.5. The minimum absolute atomic E-state index is 0.0172. The van der Waals surface area contributed by atoms with Gasteiger partial charge in [-0.2, -0.15) is 0 Å². The lowest BCUT2D eigenvalue weighted by Crippen LogP contribution is -2.53. The van der Waals surface area contributed by atoms with E-state index in [1.165, 1.54) is 48.4 Å². The van der Waals surface area contributed by atoms with Crippen molar-refractivity contribution in [2.24, 2.45) is 0 Å². The van der Waals surface area contributed by atoms with Crippen molar-refractivity contribution >= 4 is 62.3 Å². The van der Waals surface area contributed by atoms with Gasteiger partial charge in [-0.3, -0.25) is 13.9 Å². The molecule has 4 rings (SSSR count). The molecule has 1 aliphatic carbocycles. The first kappa shape index (κ1) is 32.9. The molecule has 1 N–H and O–H groups in total. The van der Waals surface area contributed by atoms with Crippen LogP contribution in [0.1, 0.15) is 44.6 Å². The molecule has 12 heteroatoms. The van der Waals surface area contributed by atoms with Gasteiger partial charge in [0.15, 0.2) is 0 Å². The number of hydrogen-bond acceptors (Lipinski definition) is 5. The Labute approximate surface area is 267 Å². The summed E-state index contributed by atoms with van der Waals surface area (Å²) < 4.78 is 34.2. The molecule has 3 aromatic carbocycles. The van der Waals surface area contributed by atoms with Gasteiger partial charge in [-0.25, -0.2) is 8.42 Å². The zero-order chi connectivity index (χ0) is 31.1. The fourth-order valence-corrected chi connectivity index (χ4v) is 6.99. The lowest BCUT2D eigenvalue weighted by molar-refractivity contribution is -0.140. The number of anilines is 1. The van der Waals surface area contributed by atoms with Crippen LogP contribution in [-0.4, -0.2) is 50.9 Å². The average Bonchev–Trinajstić information content (AvgIpc) is 3.51. The topological polar surface area (TPSA) is 96.0 Å². The van der Waals surface area contributed by atoms with E-state index in [9.17, 15) is 18.0 Å². The monoisotopic (exact) mass is 665 g/mol. The van der Waals surface area contributed by atoms with Crippen molar-refractivity contribution in [3.8, 4) is 5.75 Å². The molecule has 0 aromatic heterocycles. The summed E-state index contributed by atoms with van der Waals surface area (Å²) in [6.45, 7) is 1.27. The lowest BCUT2D eigenvalue weighted by Gasteiger charge is -2.34. The van der Waals surface area contributed by atoms with Crippen LogP contribution in [0.4, 0.5) is 5.69 Å². The Balaban J connectivity index is 1.72. The Morgan fingerprint density at radius 1 is 0.953 bits per heavy atom. The number of nitrogens with one attached hydrogen (secondary N) is 1. The summed E-state index contributed by atoms with van der Waals surface area (Å²) in [7, 11) is -2.75. The zero-order valence-electron chi connectivity index (χ0n) is 23.9. The highest BCUT2D eigenvalue weighted by molar-refractivity contribution is 7.92. The first-order valence-electron chi connectivity index (χ1n) is 14.0. The van der Waals surface area contributed by atoms with Crippen molar-refractivity contribution in [3.05, 3.63) is 87.4 Å². The molecular formula is C31H34Cl3N3O5S. The minimum atomic E-state index is -4.23. The Kier molecular flexibility index (Phi) is 11.2. The fraction of sp³-hybridized carbons (Fsp3) is 0.355. The van der Waals surface area contributed by atoms with Gasteiger partial charge in [0.25, 0.3) is 10.0 Å². The van der Waals surface area contributed by atoms with Gasteiger partial charge in [-0.1, -0.05) is 60.6 Å². The molecule has 1 fully saturated rings. The highest BCUT2D eigenvalue weighted by Crippen LogP contribution is 2.28. The minimum Gasteiger partial charge on any atom is -0.497 e. The predicted octanol–water partition coefficient (Wildman–Crippen LogP) is 6.72. The van der Waals surface area contributed by atoms with Crippen LogP contribution >= 0.6 is 34.8 Å². The van der Waals surface area contributed by atoms with Gasteiger partial charge in [-0.15, -0.1) is 0 Å². The number of amides is 2. The Morgan fingerprint density at radius 3 is 2.19 bits per heavy atom. The molecular weight excluding hydrogens is 633 g/mol. The summed E-state index contributed by atoms with van der Waals surface area (Å²) in [6, 6.07) is 16.2. The third-order valence-corrected chi connectivity index (χ3v) is 10.2. The standard InChI is InChI=1S/C31H34Cl3N3O5S/c1-3-29(31(39)35-23-6-4-5-7-23)36(19-21-8-17-27(33)28(34)18-21)30(38)20-37(24-11-9-22(32)10-12-24)43(40,41)26-15-13-25(42-2)14-16-26/h8-18,23,29H,3-7,19-20H2,1-2H3,(H,35,39). The quantitative estimate of drug-likeness (QED) is 0.232. The van der Waals surface area contributed by atoms with Crippen molar-refractivity contribution in [3.63, 3.8) is 0 Å². The lowest BCUT2D eigenvalue weighted by atomic mass is 10.1. The van der Waals surface area contributed by atoms with E-state index in [0.717, 1.165) is 30.0 Å². The smallest absolute Gasteiger partial charge is 0.264 e. The summed E-state index contributed by atoms with van der Waals surface area (Å²) in [5.41, 5.74) is 0.887. The molecule has 0 heterocycles. The van der Waals surface area contributed by atoms with Gasteiger partial charge in [0.05, 0.1) is 27.7 Å². The Morgan fingerprint density at radius 2 is 1.60 bits per heavy atom. The van der Waals surface area contributed by atoms with Crippen LogP contribution in [0, 0.1) is 0 Å². The molecule has 0 spiro atoms. The van der Waals surface area contributed by atoms with Gasteiger partial charge >= 0.3 is 0 Å². The van der Waals surface area contributed by atoms with E-state index in [1.807, 2.05) is 6.92 Å². The Hall–Kier alpha value is -2.98. The van der Waals surface area contributed by atoms with Crippen LogP contribution in [0.15, 0.2) is 71.6 Å². The molecule has 0 bridgehead atoms. The maximum absolute atomic E-state index is 14.2. The summed E-state index contributed by atoms with van der Waals surface area (Å²) in [4.78, 5) is 29.1. The summed E-state index contributed by atoms with van der Waals surface area (Å²) in [5, 5.41) is 4.16. The van der Waals surface area contributed by atoms with Crippen LogP contribution < -0.4 is 14.4 Å². The molecule has 0 saturated heterocycles. The molecule has 1 atom stereocenters. The first-order chi connectivity index (χ1) is 20.5. The molecule has 1 saturated carbocycles. The number of carbonyl (C=O) groups excluding carboxylic acids is 2. The molecule has 0 aliphatic heterocycles. The van der Waals surface area contributed by atoms with Crippen LogP contribution in [0.3, 0.4) is 0 Å². The third kappa shape index (κ3) is 8.15. The second kappa shape index (κ2) is 14.7. The van der Waals surface area contributed by atoms with Crippen LogP contribution in [0.2, 0.25) is 15.1 Å². The van der Waals surface area contributed by atoms with Crippen molar-refractivity contribution in [1.82, 2.24) is 10.2 Å². The largest absolute Gasteiger partial charge is 0.497 e. The van der Waals surface area contributed by atoms with E-state index >= 15 is 0 Å². The SMILES string of the molecule is CCC(C(=O)NC1CCCC1)N(Cc1ccc(Cl)c(Cl)c1)C(=O)CN(c1ccc(Cl)cc1)S(=O)(=O)c1ccc(OC)cc1. The molecule has 3 aromatic rings. The highest BCUT2D eigenvalue weighted by Gasteiger charge is 2.34. The number of benzene rings is 3. The molecule has 1 unspecified atom stereocenters. The maximum Gasteiger partial charge on any atom is 0.264 e. The molecule has 230 valence electrons. The fourth-order valence-electron chi connectivity index (χ4n) is 5.13. The molecule has 43 heavy (non-hydrogen) atoms. The van der Waals surface area contributed by atoms with Gasteiger partial charge in [0, 0.05) is 17.6 Å². The normalized spacial score (nSPS) is 14.3. The zero-order valence-corrected chi connectivity index (χ0v) is 27.0. The van der Waals surface area contributed by atoms with Gasteiger partial charge in [-0.05, 0) is 85.5 Å². The summed E-state index contributed by atoms with van der Waals surface area (Å²) in [5.74, 6) is -0.356. The number of rotatable bonds is 12. The first-order valence-corrected chi connectivity index (χ1v) is 16.6. The summed E-state index contributed by atoms with van der Waals surface area (Å²) in [6.07, 6.45) is 4.15. The van der Waals surface area contributed by atoms with Gasteiger partial charge < -0.3 is 15.0 Å². The number of sulfonamides is 1. The van der Waals surface area contributed by atoms with Crippen LogP contribution in [-0.2, 0) is 26.2 Å². The molecule has 8 nitrogen and oxygen atoms in total. The number of halogens is 3. The van der Waals surface area contributed by atoms with E-state index in [-0.39, 0.29) is 29.1 Å². The number of methoxy groups -OCH3 is 1. The second-order valence-electron chi connectivity index (χ2n) is 10.3. The highest BCUT2D eigenvalue weighted by atomic mass is 35.5. The summed E-state index contributed by atoms with van der Waals surface area (Å²) >= 11 is 18.5. The van der Waals surface area contributed by atoms with Crippen molar-refractivity contribution < 1.29 is 22.7 Å². The molecule has 0 radical (unpaired) electrons. The van der Waals surface area contributed by atoms with E-state index in [4.69, 9.17) is 39.5 Å². The Bertz CT molecular complexity index is 1530. The van der Waals surface area contributed by atoms with Gasteiger partial charge in [0.1, 0.15) is 18.3 Å². The number of nitrogens with zero attached hydrogens (tertiary/aromatic N) is 2. The van der Waals surface area contributed by atoms with E-state index < -0.39 is 28.5 Å². The van der Waals surface area contributed by atoms with Crippen LogP contribution in [0.5, 0.6) is 5.75 Å². The van der Waals surface area contributed by atoms with Crippen molar-refractivity contribution in [2.75, 3.05) is 18.0 Å². The van der Waals surface area contributed by atoms with E-state index in [2.05, 4.69) is 5.32 Å². The molecule has 1 aliphatic rings. The van der Waals surface area contributed by atoms with Crippen LogP contribution in [0.25, 0.3) is 0 Å². The molecule has 2 amide bonds. The van der Waals surface area contributed by atoms with Gasteiger partial charge in [0.2, 0.25) is 11.8 Å². The number of carbonyl (C=O) groups is 2. The van der Waals surface area contributed by atoms with Crippen molar-refractivity contribution in [1.29, 1.82) is 0 Å². The number of ether oxygens (including phenoxy) is 1. The van der Waals surface area contributed by atoms with E-state index in [1.54, 1.807) is 30.3 Å². The maximum atomic E-state index is 14.2. The van der Waals surface area contributed by atoms with E-state index in [0.29, 0.717) is 32.8 Å². The number of hydrogen-bond donors (Lipinski definition) is 1. The predicted molar refractivity (Wildman–Crippen MR) is 170 cm³/mol. The third-order valence-electron chi connectivity index (χ3n) is 7.47. The average molecular weight is 667 g/mol.